The van der Waals surface area contributed by atoms with Gasteiger partial charge < -0.3 is 4.84 Å². The quantitative estimate of drug-likeness (QED) is 0.309. The van der Waals surface area contributed by atoms with E-state index in [9.17, 15) is 0 Å². The third kappa shape index (κ3) is 4.40. The Labute approximate surface area is 175 Å². The van der Waals surface area contributed by atoms with E-state index in [1.807, 2.05) is 18.2 Å². The van der Waals surface area contributed by atoms with E-state index in [1.54, 1.807) is 6.07 Å². The number of benzene rings is 3. The zero-order chi connectivity index (χ0) is 19.5. The molecule has 1 aliphatic rings. The molecule has 0 saturated heterocycles. The Hall–Kier alpha value is -2.29. The minimum atomic E-state index is 0.422. The normalized spacial score (nSPS) is 14.2. The minimum absolute atomic E-state index is 0.422. The number of rotatable bonds is 6. The highest BCUT2D eigenvalue weighted by molar-refractivity contribution is 6.35. The highest BCUT2D eigenvalue weighted by Gasteiger charge is 2.29. The fourth-order valence-corrected chi connectivity index (χ4v) is 3.89. The Bertz CT molecular complexity index is 990. The molecule has 0 radical (unpaired) electrons. The lowest BCUT2D eigenvalue weighted by molar-refractivity contribution is 0.129. The summed E-state index contributed by atoms with van der Waals surface area (Å²) in [6.07, 6.45) is 2.24. The van der Waals surface area contributed by atoms with E-state index >= 15 is 0 Å². The van der Waals surface area contributed by atoms with Gasteiger partial charge in [0.1, 0.15) is 6.61 Å². The summed E-state index contributed by atoms with van der Waals surface area (Å²) in [5, 5.41) is 5.70. The monoisotopic (exact) mass is 409 g/mol. The number of hydrogen-bond acceptors (Lipinski definition) is 2. The van der Waals surface area contributed by atoms with Gasteiger partial charge in [0.25, 0.3) is 0 Å². The molecule has 0 atom stereocenters. The van der Waals surface area contributed by atoms with Crippen LogP contribution in [-0.4, -0.2) is 5.71 Å². The van der Waals surface area contributed by atoms with E-state index < -0.39 is 0 Å². The summed E-state index contributed by atoms with van der Waals surface area (Å²) < 4.78 is 0. The molecule has 3 aromatic carbocycles. The van der Waals surface area contributed by atoms with Crippen molar-refractivity contribution in [1.82, 2.24) is 0 Å². The van der Waals surface area contributed by atoms with Crippen LogP contribution in [0.1, 0.15) is 29.5 Å². The standard InChI is InChI=1S/C24H21Cl2NO/c1-16-19(8-5-9-23(16)17-6-3-2-4-7-17)15-28-27-24(18-10-11-18)20-12-21(25)14-22(26)13-20/h2-9,12-14,18H,10-11,15H2,1H3/b27-24+. The van der Waals surface area contributed by atoms with Crippen molar-refractivity contribution in [1.29, 1.82) is 0 Å². The van der Waals surface area contributed by atoms with Gasteiger partial charge in [-0.25, -0.2) is 0 Å². The molecular formula is C24H21Cl2NO. The maximum atomic E-state index is 6.17. The molecule has 0 amide bonds. The zero-order valence-corrected chi connectivity index (χ0v) is 17.2. The molecule has 3 aromatic rings. The van der Waals surface area contributed by atoms with Gasteiger partial charge in [-0.2, -0.15) is 0 Å². The van der Waals surface area contributed by atoms with Crippen molar-refractivity contribution in [3.05, 3.63) is 93.5 Å². The zero-order valence-electron chi connectivity index (χ0n) is 15.7. The van der Waals surface area contributed by atoms with Crippen LogP contribution < -0.4 is 0 Å². The van der Waals surface area contributed by atoms with E-state index in [4.69, 9.17) is 28.0 Å². The molecule has 142 valence electrons. The second-order valence-electron chi connectivity index (χ2n) is 7.14. The summed E-state index contributed by atoms with van der Waals surface area (Å²) in [7, 11) is 0. The lowest BCUT2D eigenvalue weighted by Gasteiger charge is -2.12. The third-order valence-corrected chi connectivity index (χ3v) is 5.47. The topological polar surface area (TPSA) is 21.6 Å². The molecular weight excluding hydrogens is 389 g/mol. The lowest BCUT2D eigenvalue weighted by atomic mass is 9.97. The first-order chi connectivity index (χ1) is 13.6. The van der Waals surface area contributed by atoms with Gasteiger partial charge in [0.15, 0.2) is 0 Å². The summed E-state index contributed by atoms with van der Waals surface area (Å²) in [6, 6.07) is 22.2. The first kappa shape index (κ1) is 19.0. The molecule has 1 aliphatic carbocycles. The first-order valence-corrected chi connectivity index (χ1v) is 10.2. The van der Waals surface area contributed by atoms with Crippen LogP contribution >= 0.6 is 23.2 Å². The van der Waals surface area contributed by atoms with Crippen LogP contribution in [0.3, 0.4) is 0 Å². The van der Waals surface area contributed by atoms with Crippen LogP contribution in [0.15, 0.2) is 71.9 Å². The molecule has 0 heterocycles. The molecule has 0 spiro atoms. The molecule has 1 saturated carbocycles. The van der Waals surface area contributed by atoms with Crippen LogP contribution in [0.5, 0.6) is 0 Å². The highest BCUT2D eigenvalue weighted by Crippen LogP contribution is 2.35. The molecule has 0 bridgehead atoms. The Morgan fingerprint density at radius 2 is 1.68 bits per heavy atom. The summed E-state index contributed by atoms with van der Waals surface area (Å²) in [6.45, 7) is 2.56. The van der Waals surface area contributed by atoms with Crippen molar-refractivity contribution >= 4 is 28.9 Å². The van der Waals surface area contributed by atoms with Crippen LogP contribution in [-0.2, 0) is 11.4 Å². The van der Waals surface area contributed by atoms with Crippen LogP contribution in [0.4, 0.5) is 0 Å². The summed E-state index contributed by atoms with van der Waals surface area (Å²) in [5.74, 6) is 0.422. The molecule has 0 N–H and O–H groups in total. The predicted molar refractivity (Wildman–Crippen MR) is 117 cm³/mol. The highest BCUT2D eigenvalue weighted by atomic mass is 35.5. The fraction of sp³-hybridized carbons (Fsp3) is 0.208. The maximum Gasteiger partial charge on any atom is 0.142 e. The van der Waals surface area contributed by atoms with Gasteiger partial charge in [-0.15, -0.1) is 0 Å². The van der Waals surface area contributed by atoms with Gasteiger partial charge in [0, 0.05) is 21.5 Å². The molecule has 2 nitrogen and oxygen atoms in total. The Balaban J connectivity index is 1.55. The number of hydrogen-bond donors (Lipinski definition) is 0. The smallest absolute Gasteiger partial charge is 0.142 e. The van der Waals surface area contributed by atoms with Gasteiger partial charge in [0.05, 0.1) is 5.71 Å². The Morgan fingerprint density at radius 3 is 2.36 bits per heavy atom. The Kier molecular flexibility index (Phi) is 5.70. The van der Waals surface area contributed by atoms with Crippen molar-refractivity contribution in [3.8, 4) is 11.1 Å². The molecule has 0 aliphatic heterocycles. The van der Waals surface area contributed by atoms with E-state index in [2.05, 4.69) is 54.5 Å². The first-order valence-electron chi connectivity index (χ1n) is 9.42. The summed E-state index contributed by atoms with van der Waals surface area (Å²) in [4.78, 5) is 5.79. The largest absolute Gasteiger partial charge is 0.391 e. The van der Waals surface area contributed by atoms with E-state index in [0.29, 0.717) is 22.6 Å². The average molecular weight is 410 g/mol. The number of halogens is 2. The van der Waals surface area contributed by atoms with E-state index in [0.717, 1.165) is 29.7 Å². The van der Waals surface area contributed by atoms with Crippen molar-refractivity contribution in [2.45, 2.75) is 26.4 Å². The van der Waals surface area contributed by atoms with Crippen molar-refractivity contribution < 1.29 is 4.84 Å². The molecule has 1 fully saturated rings. The number of oxime groups is 1. The molecule has 28 heavy (non-hydrogen) atoms. The van der Waals surface area contributed by atoms with Crippen LogP contribution in [0, 0.1) is 12.8 Å². The van der Waals surface area contributed by atoms with Crippen molar-refractivity contribution in [2.24, 2.45) is 11.1 Å². The van der Waals surface area contributed by atoms with Crippen molar-refractivity contribution in [2.75, 3.05) is 0 Å². The Morgan fingerprint density at radius 1 is 0.964 bits per heavy atom. The molecule has 4 rings (SSSR count). The lowest BCUT2D eigenvalue weighted by Crippen LogP contribution is -2.05. The summed E-state index contributed by atoms with van der Waals surface area (Å²) >= 11 is 12.3. The van der Waals surface area contributed by atoms with E-state index in [1.165, 1.54) is 16.7 Å². The van der Waals surface area contributed by atoms with Crippen LogP contribution in [0.2, 0.25) is 10.0 Å². The minimum Gasteiger partial charge on any atom is -0.391 e. The number of nitrogens with zero attached hydrogens (tertiary/aromatic N) is 1. The van der Waals surface area contributed by atoms with Gasteiger partial charge in [-0.3, -0.25) is 0 Å². The third-order valence-electron chi connectivity index (χ3n) is 5.04. The second-order valence-corrected chi connectivity index (χ2v) is 8.01. The van der Waals surface area contributed by atoms with E-state index in [-0.39, 0.29) is 0 Å². The average Bonchev–Trinajstić information content (AvgIpc) is 3.51. The van der Waals surface area contributed by atoms with Gasteiger partial charge in [-0.05, 0) is 60.2 Å². The molecule has 4 heteroatoms. The van der Waals surface area contributed by atoms with Gasteiger partial charge >= 0.3 is 0 Å². The predicted octanol–water partition coefficient (Wildman–Crippen LogP) is 7.30. The maximum absolute atomic E-state index is 6.17. The summed E-state index contributed by atoms with van der Waals surface area (Å²) in [5.41, 5.74) is 6.63. The van der Waals surface area contributed by atoms with Crippen molar-refractivity contribution in [3.63, 3.8) is 0 Å². The molecule has 0 aromatic heterocycles. The second kappa shape index (κ2) is 8.38. The van der Waals surface area contributed by atoms with Gasteiger partial charge in [0.2, 0.25) is 0 Å². The fourth-order valence-electron chi connectivity index (χ4n) is 3.36. The molecule has 0 unspecified atom stereocenters. The SMILES string of the molecule is Cc1c(CO/N=C(/c2cc(Cl)cc(Cl)c2)C2CC2)cccc1-c1ccccc1. The van der Waals surface area contributed by atoms with Gasteiger partial charge in [-0.1, -0.05) is 76.9 Å². The van der Waals surface area contributed by atoms with Crippen LogP contribution in [0.25, 0.3) is 11.1 Å².